The van der Waals surface area contributed by atoms with E-state index in [1.54, 1.807) is 0 Å². The maximum atomic E-state index is 11.0. The second-order valence-electron chi connectivity index (χ2n) is 5.40. The van der Waals surface area contributed by atoms with Crippen molar-refractivity contribution in [2.45, 2.75) is 38.3 Å². The zero-order valence-electron chi connectivity index (χ0n) is 11.1. The second-order valence-corrected chi connectivity index (χ2v) is 5.40. The molecule has 6 heteroatoms. The van der Waals surface area contributed by atoms with Gasteiger partial charge in [-0.1, -0.05) is 0 Å². The maximum Gasteiger partial charge on any atom is 0.337 e. The molecule has 104 valence electrons. The third-order valence-electron chi connectivity index (χ3n) is 3.21. The van der Waals surface area contributed by atoms with Gasteiger partial charge in [0.05, 0.1) is 23.0 Å². The third-order valence-corrected chi connectivity index (χ3v) is 3.21. The molecule has 0 radical (unpaired) electrons. The number of ether oxygens (including phenoxy) is 1. The minimum Gasteiger partial charge on any atom is -0.478 e. The molecule has 0 bridgehead atoms. The number of nitrogens with two attached hydrogens (primary N) is 1. The van der Waals surface area contributed by atoms with Crippen LogP contribution in [0, 0.1) is 0 Å². The van der Waals surface area contributed by atoms with Gasteiger partial charge in [-0.3, -0.25) is 0 Å². The van der Waals surface area contributed by atoms with E-state index >= 15 is 0 Å². The number of hydrogen-bond acceptors (Lipinski definition) is 5. The van der Waals surface area contributed by atoms with Gasteiger partial charge < -0.3 is 20.9 Å². The van der Waals surface area contributed by atoms with Crippen molar-refractivity contribution in [2.24, 2.45) is 0 Å². The standard InChI is InChI=1S/C13H19N3O3/c1-13(2)6-8(3-4-19-13)16-11-5-9(12(17)18)10(14)7-15-11/h5,7-8H,3-4,6,14H2,1-2H3,(H,15,16)(H,17,18). The molecule has 1 aromatic heterocycles. The van der Waals surface area contributed by atoms with Crippen LogP contribution in [0.2, 0.25) is 0 Å². The average molecular weight is 265 g/mol. The van der Waals surface area contributed by atoms with Crippen LogP contribution in [-0.4, -0.2) is 34.3 Å². The van der Waals surface area contributed by atoms with Gasteiger partial charge in [0, 0.05) is 12.6 Å². The second kappa shape index (κ2) is 5.05. The lowest BCUT2D eigenvalue weighted by atomic mass is 9.94. The molecule has 0 spiro atoms. The Morgan fingerprint density at radius 2 is 2.37 bits per heavy atom. The molecule has 0 aliphatic carbocycles. The first kappa shape index (κ1) is 13.6. The molecule has 1 fully saturated rings. The van der Waals surface area contributed by atoms with Gasteiger partial charge in [0.2, 0.25) is 0 Å². The van der Waals surface area contributed by atoms with E-state index in [4.69, 9.17) is 15.6 Å². The first-order valence-corrected chi connectivity index (χ1v) is 6.27. The average Bonchev–Trinajstić information content (AvgIpc) is 2.30. The lowest BCUT2D eigenvalue weighted by Gasteiger charge is -2.36. The summed E-state index contributed by atoms with van der Waals surface area (Å²) in [7, 11) is 0. The predicted octanol–water partition coefficient (Wildman–Crippen LogP) is 1.73. The fourth-order valence-corrected chi connectivity index (χ4v) is 2.29. The zero-order chi connectivity index (χ0) is 14.0. The fraction of sp³-hybridized carbons (Fsp3) is 0.538. The molecule has 4 N–H and O–H groups in total. The molecule has 1 aromatic rings. The topological polar surface area (TPSA) is 97.5 Å². The van der Waals surface area contributed by atoms with E-state index in [1.807, 2.05) is 13.8 Å². The van der Waals surface area contributed by atoms with Crippen molar-refractivity contribution in [3.8, 4) is 0 Å². The van der Waals surface area contributed by atoms with Crippen LogP contribution in [0.25, 0.3) is 0 Å². The van der Waals surface area contributed by atoms with Gasteiger partial charge in [-0.2, -0.15) is 0 Å². The molecule has 1 aliphatic heterocycles. The summed E-state index contributed by atoms with van der Waals surface area (Å²) in [6, 6.07) is 1.70. The summed E-state index contributed by atoms with van der Waals surface area (Å²) in [5.74, 6) is -0.510. The summed E-state index contributed by atoms with van der Waals surface area (Å²) in [6.45, 7) is 4.77. The van der Waals surface area contributed by atoms with Crippen molar-refractivity contribution in [1.29, 1.82) is 0 Å². The Hall–Kier alpha value is -1.82. The molecular weight excluding hydrogens is 246 g/mol. The van der Waals surface area contributed by atoms with Gasteiger partial charge in [0.1, 0.15) is 5.82 Å². The van der Waals surface area contributed by atoms with Crippen molar-refractivity contribution < 1.29 is 14.6 Å². The highest BCUT2D eigenvalue weighted by molar-refractivity contribution is 5.94. The lowest BCUT2D eigenvalue weighted by molar-refractivity contribution is -0.0553. The number of carboxylic acid groups (broad SMARTS) is 1. The zero-order valence-corrected chi connectivity index (χ0v) is 11.1. The monoisotopic (exact) mass is 265 g/mol. The summed E-state index contributed by atoms with van der Waals surface area (Å²) in [5.41, 5.74) is 5.65. The molecule has 0 saturated carbocycles. The van der Waals surface area contributed by atoms with Crippen molar-refractivity contribution in [2.75, 3.05) is 17.7 Å². The number of carboxylic acids is 1. The number of anilines is 2. The first-order chi connectivity index (χ1) is 8.87. The Morgan fingerprint density at radius 1 is 1.63 bits per heavy atom. The van der Waals surface area contributed by atoms with Crippen molar-refractivity contribution in [3.63, 3.8) is 0 Å². The Balaban J connectivity index is 2.11. The number of aromatic carboxylic acids is 1. The SMILES string of the molecule is CC1(C)CC(Nc2cc(C(=O)O)c(N)cn2)CCO1. The summed E-state index contributed by atoms with van der Waals surface area (Å²) in [4.78, 5) is 15.1. The molecule has 1 unspecified atom stereocenters. The molecule has 2 rings (SSSR count). The number of nitrogen functional groups attached to an aromatic ring is 1. The molecule has 1 saturated heterocycles. The normalized spacial score (nSPS) is 21.9. The van der Waals surface area contributed by atoms with Crippen LogP contribution < -0.4 is 11.1 Å². The van der Waals surface area contributed by atoms with Crippen LogP contribution >= 0.6 is 0 Å². The summed E-state index contributed by atoms with van der Waals surface area (Å²) in [6.07, 6.45) is 3.09. The van der Waals surface area contributed by atoms with E-state index < -0.39 is 5.97 Å². The Kier molecular flexibility index (Phi) is 3.61. The van der Waals surface area contributed by atoms with Crippen molar-refractivity contribution >= 4 is 17.5 Å². The van der Waals surface area contributed by atoms with Crippen LogP contribution in [0.15, 0.2) is 12.3 Å². The van der Waals surface area contributed by atoms with Crippen LogP contribution in [-0.2, 0) is 4.74 Å². The number of hydrogen-bond donors (Lipinski definition) is 3. The number of pyridine rings is 1. The third kappa shape index (κ3) is 3.35. The van der Waals surface area contributed by atoms with E-state index in [9.17, 15) is 4.79 Å². The number of carbonyl (C=O) groups is 1. The highest BCUT2D eigenvalue weighted by atomic mass is 16.5. The number of nitrogens with one attached hydrogen (secondary N) is 1. The van der Waals surface area contributed by atoms with Gasteiger partial charge in [0.25, 0.3) is 0 Å². The molecule has 0 amide bonds. The molecule has 6 nitrogen and oxygen atoms in total. The lowest BCUT2D eigenvalue weighted by Crippen LogP contribution is -2.40. The molecule has 2 heterocycles. The van der Waals surface area contributed by atoms with Gasteiger partial charge in [-0.15, -0.1) is 0 Å². The molecule has 19 heavy (non-hydrogen) atoms. The molecule has 1 aliphatic rings. The first-order valence-electron chi connectivity index (χ1n) is 6.27. The number of nitrogens with zero attached hydrogens (tertiary/aromatic N) is 1. The highest BCUT2D eigenvalue weighted by Crippen LogP contribution is 2.26. The minimum atomic E-state index is -1.05. The van der Waals surface area contributed by atoms with Gasteiger partial charge in [-0.05, 0) is 32.8 Å². The van der Waals surface area contributed by atoms with Crippen LogP contribution in [0.1, 0.15) is 37.0 Å². The summed E-state index contributed by atoms with van der Waals surface area (Å²) >= 11 is 0. The van der Waals surface area contributed by atoms with E-state index in [-0.39, 0.29) is 22.9 Å². The van der Waals surface area contributed by atoms with Gasteiger partial charge in [0.15, 0.2) is 0 Å². The summed E-state index contributed by atoms with van der Waals surface area (Å²) in [5, 5.41) is 12.3. The Morgan fingerprint density at radius 3 is 3.00 bits per heavy atom. The maximum absolute atomic E-state index is 11.0. The van der Waals surface area contributed by atoms with Crippen LogP contribution in [0.3, 0.4) is 0 Å². The minimum absolute atomic E-state index is 0.0730. The van der Waals surface area contributed by atoms with Crippen molar-refractivity contribution in [3.05, 3.63) is 17.8 Å². The van der Waals surface area contributed by atoms with Crippen LogP contribution in [0.4, 0.5) is 11.5 Å². The molecule has 0 aromatic carbocycles. The fourth-order valence-electron chi connectivity index (χ4n) is 2.29. The Bertz CT molecular complexity index is 488. The highest BCUT2D eigenvalue weighted by Gasteiger charge is 2.29. The smallest absolute Gasteiger partial charge is 0.337 e. The Labute approximate surface area is 112 Å². The van der Waals surface area contributed by atoms with Gasteiger partial charge >= 0.3 is 5.97 Å². The number of aromatic nitrogens is 1. The van der Waals surface area contributed by atoms with Gasteiger partial charge in [-0.25, -0.2) is 9.78 Å². The molecule has 1 atom stereocenters. The summed E-state index contributed by atoms with van der Waals surface area (Å²) < 4.78 is 5.64. The molecular formula is C13H19N3O3. The van der Waals surface area contributed by atoms with Crippen molar-refractivity contribution in [1.82, 2.24) is 4.98 Å². The largest absolute Gasteiger partial charge is 0.478 e. The van der Waals surface area contributed by atoms with E-state index in [0.717, 1.165) is 12.8 Å². The van der Waals surface area contributed by atoms with Crippen LogP contribution in [0.5, 0.6) is 0 Å². The number of rotatable bonds is 3. The van der Waals surface area contributed by atoms with E-state index in [0.29, 0.717) is 12.4 Å². The van der Waals surface area contributed by atoms with E-state index in [1.165, 1.54) is 12.3 Å². The quantitative estimate of drug-likeness (QED) is 0.770. The van der Waals surface area contributed by atoms with E-state index in [2.05, 4.69) is 10.3 Å². The predicted molar refractivity (Wildman–Crippen MR) is 72.3 cm³/mol.